The third-order valence-electron chi connectivity index (χ3n) is 5.23. The van der Waals surface area contributed by atoms with E-state index in [0.29, 0.717) is 12.1 Å². The standard InChI is InChI=1S/C19H31NO/c1-14-6-5-7-19(16(14)3)20-15(2)8-9-17-10-12-18(21-4)13-11-17/h10-16,19-20H,5-9H2,1-4H3. The van der Waals surface area contributed by atoms with Gasteiger partial charge in [0, 0.05) is 12.1 Å². The molecule has 4 unspecified atom stereocenters. The normalized spacial score (nSPS) is 27.3. The zero-order valence-corrected chi connectivity index (χ0v) is 14.1. The van der Waals surface area contributed by atoms with E-state index in [-0.39, 0.29) is 0 Å². The molecule has 1 saturated carbocycles. The van der Waals surface area contributed by atoms with Crippen molar-refractivity contribution in [2.75, 3.05) is 7.11 Å². The Morgan fingerprint density at radius 1 is 1.19 bits per heavy atom. The van der Waals surface area contributed by atoms with Gasteiger partial charge in [-0.25, -0.2) is 0 Å². The van der Waals surface area contributed by atoms with E-state index in [2.05, 4.69) is 50.4 Å². The van der Waals surface area contributed by atoms with Gasteiger partial charge in [-0.2, -0.15) is 0 Å². The molecule has 1 aliphatic carbocycles. The molecule has 118 valence electrons. The topological polar surface area (TPSA) is 21.3 Å². The third kappa shape index (κ3) is 4.74. The van der Waals surface area contributed by atoms with Gasteiger partial charge in [0.2, 0.25) is 0 Å². The first-order chi connectivity index (χ1) is 10.1. The molecule has 1 fully saturated rings. The second-order valence-electron chi connectivity index (χ2n) is 6.83. The SMILES string of the molecule is COc1ccc(CCC(C)NC2CCCC(C)C2C)cc1. The predicted octanol–water partition coefficient (Wildman–Crippen LogP) is 4.43. The zero-order chi connectivity index (χ0) is 15.2. The number of aryl methyl sites for hydroxylation is 1. The average molecular weight is 289 g/mol. The molecule has 2 heteroatoms. The molecule has 0 saturated heterocycles. The molecule has 1 aromatic rings. The quantitative estimate of drug-likeness (QED) is 0.836. The molecule has 0 amide bonds. The molecule has 0 aliphatic heterocycles. The van der Waals surface area contributed by atoms with Crippen molar-refractivity contribution in [1.82, 2.24) is 5.32 Å². The summed E-state index contributed by atoms with van der Waals surface area (Å²) in [7, 11) is 1.72. The Morgan fingerprint density at radius 2 is 1.90 bits per heavy atom. The van der Waals surface area contributed by atoms with Crippen molar-refractivity contribution in [3.8, 4) is 5.75 Å². The minimum Gasteiger partial charge on any atom is -0.497 e. The van der Waals surface area contributed by atoms with Crippen molar-refractivity contribution < 1.29 is 4.74 Å². The monoisotopic (exact) mass is 289 g/mol. The number of rotatable bonds is 6. The maximum atomic E-state index is 5.20. The second-order valence-corrected chi connectivity index (χ2v) is 6.83. The van der Waals surface area contributed by atoms with E-state index in [0.717, 1.165) is 24.0 Å². The molecule has 1 aromatic carbocycles. The van der Waals surface area contributed by atoms with Crippen LogP contribution in [0.25, 0.3) is 0 Å². The Bertz CT molecular complexity index is 414. The first-order valence-electron chi connectivity index (χ1n) is 8.49. The van der Waals surface area contributed by atoms with Gasteiger partial charge < -0.3 is 10.1 Å². The van der Waals surface area contributed by atoms with Crippen molar-refractivity contribution in [1.29, 1.82) is 0 Å². The highest BCUT2D eigenvalue weighted by Gasteiger charge is 2.27. The third-order valence-corrected chi connectivity index (χ3v) is 5.23. The minimum absolute atomic E-state index is 0.588. The highest BCUT2D eigenvalue weighted by Crippen LogP contribution is 2.29. The van der Waals surface area contributed by atoms with E-state index in [1.165, 1.54) is 31.2 Å². The van der Waals surface area contributed by atoms with Crippen molar-refractivity contribution in [2.45, 2.75) is 65.0 Å². The van der Waals surface area contributed by atoms with Crippen LogP contribution >= 0.6 is 0 Å². The van der Waals surface area contributed by atoms with Crippen LogP contribution in [0.5, 0.6) is 5.75 Å². The first kappa shape index (κ1) is 16.4. The van der Waals surface area contributed by atoms with Crippen LogP contribution in [0.1, 0.15) is 52.0 Å². The summed E-state index contributed by atoms with van der Waals surface area (Å²) in [5.74, 6) is 2.61. The highest BCUT2D eigenvalue weighted by atomic mass is 16.5. The van der Waals surface area contributed by atoms with Gasteiger partial charge in [-0.1, -0.05) is 38.8 Å². The van der Waals surface area contributed by atoms with Gasteiger partial charge >= 0.3 is 0 Å². The Kier molecular flexibility index (Phi) is 6.10. The zero-order valence-electron chi connectivity index (χ0n) is 14.1. The predicted molar refractivity (Wildman–Crippen MR) is 89.9 cm³/mol. The molecule has 0 bridgehead atoms. The molecule has 21 heavy (non-hydrogen) atoms. The Labute approximate surface area is 130 Å². The van der Waals surface area contributed by atoms with Gasteiger partial charge in [-0.3, -0.25) is 0 Å². The van der Waals surface area contributed by atoms with E-state index < -0.39 is 0 Å². The summed E-state index contributed by atoms with van der Waals surface area (Å²) < 4.78 is 5.20. The van der Waals surface area contributed by atoms with Crippen molar-refractivity contribution >= 4 is 0 Å². The molecule has 0 heterocycles. The lowest BCUT2D eigenvalue weighted by atomic mass is 9.78. The van der Waals surface area contributed by atoms with Crippen molar-refractivity contribution in [3.63, 3.8) is 0 Å². The highest BCUT2D eigenvalue weighted by molar-refractivity contribution is 5.27. The van der Waals surface area contributed by atoms with Crippen LogP contribution in [-0.4, -0.2) is 19.2 Å². The molecule has 0 spiro atoms. The molecule has 1 aliphatic rings. The summed E-state index contributed by atoms with van der Waals surface area (Å²) in [6, 6.07) is 9.76. The minimum atomic E-state index is 0.588. The van der Waals surface area contributed by atoms with Crippen LogP contribution in [0.2, 0.25) is 0 Å². The van der Waals surface area contributed by atoms with Crippen LogP contribution < -0.4 is 10.1 Å². The van der Waals surface area contributed by atoms with Crippen LogP contribution in [-0.2, 0) is 6.42 Å². The summed E-state index contributed by atoms with van der Waals surface area (Å²) in [6.07, 6.45) is 6.46. The first-order valence-corrected chi connectivity index (χ1v) is 8.49. The summed E-state index contributed by atoms with van der Waals surface area (Å²) in [5, 5.41) is 3.87. The maximum Gasteiger partial charge on any atom is 0.118 e. The Morgan fingerprint density at radius 3 is 2.57 bits per heavy atom. The average Bonchev–Trinajstić information content (AvgIpc) is 2.50. The summed E-state index contributed by atoms with van der Waals surface area (Å²) in [4.78, 5) is 0. The maximum absolute atomic E-state index is 5.20. The molecule has 2 nitrogen and oxygen atoms in total. The second kappa shape index (κ2) is 7.84. The molecule has 1 N–H and O–H groups in total. The Hall–Kier alpha value is -1.02. The number of benzene rings is 1. The molecular formula is C19H31NO. The van der Waals surface area contributed by atoms with Crippen LogP contribution in [0.4, 0.5) is 0 Å². The van der Waals surface area contributed by atoms with Gasteiger partial charge in [0.05, 0.1) is 7.11 Å². The number of ether oxygens (including phenoxy) is 1. The van der Waals surface area contributed by atoms with Gasteiger partial charge in [0.15, 0.2) is 0 Å². The number of hydrogen-bond donors (Lipinski definition) is 1. The van der Waals surface area contributed by atoms with Crippen LogP contribution in [0.15, 0.2) is 24.3 Å². The number of nitrogens with one attached hydrogen (secondary N) is 1. The molecule has 2 rings (SSSR count). The lowest BCUT2D eigenvalue weighted by Gasteiger charge is -2.36. The molecule has 0 aromatic heterocycles. The lowest BCUT2D eigenvalue weighted by Crippen LogP contribution is -2.44. The van der Waals surface area contributed by atoms with Gasteiger partial charge in [0.25, 0.3) is 0 Å². The van der Waals surface area contributed by atoms with Crippen molar-refractivity contribution in [3.05, 3.63) is 29.8 Å². The Balaban J connectivity index is 1.77. The van der Waals surface area contributed by atoms with E-state index in [9.17, 15) is 0 Å². The van der Waals surface area contributed by atoms with Gasteiger partial charge in [-0.15, -0.1) is 0 Å². The van der Waals surface area contributed by atoms with E-state index >= 15 is 0 Å². The van der Waals surface area contributed by atoms with Gasteiger partial charge in [0.1, 0.15) is 5.75 Å². The fourth-order valence-corrected chi connectivity index (χ4v) is 3.44. The fourth-order valence-electron chi connectivity index (χ4n) is 3.44. The van der Waals surface area contributed by atoms with E-state index in [1.54, 1.807) is 7.11 Å². The van der Waals surface area contributed by atoms with Crippen LogP contribution in [0.3, 0.4) is 0 Å². The number of hydrogen-bond acceptors (Lipinski definition) is 2. The fraction of sp³-hybridized carbons (Fsp3) is 0.684. The van der Waals surface area contributed by atoms with Crippen molar-refractivity contribution in [2.24, 2.45) is 11.8 Å². The van der Waals surface area contributed by atoms with Crippen LogP contribution in [0, 0.1) is 11.8 Å². The smallest absolute Gasteiger partial charge is 0.118 e. The largest absolute Gasteiger partial charge is 0.497 e. The molecule has 0 radical (unpaired) electrons. The lowest BCUT2D eigenvalue weighted by molar-refractivity contribution is 0.194. The summed E-state index contributed by atoms with van der Waals surface area (Å²) in [6.45, 7) is 7.15. The number of methoxy groups -OCH3 is 1. The van der Waals surface area contributed by atoms with Gasteiger partial charge in [-0.05, 0) is 55.7 Å². The van der Waals surface area contributed by atoms with E-state index in [4.69, 9.17) is 4.74 Å². The molecular weight excluding hydrogens is 258 g/mol. The summed E-state index contributed by atoms with van der Waals surface area (Å²) in [5.41, 5.74) is 1.40. The summed E-state index contributed by atoms with van der Waals surface area (Å²) >= 11 is 0. The van der Waals surface area contributed by atoms with E-state index in [1.807, 2.05) is 0 Å². The molecule has 4 atom stereocenters.